The number of rotatable bonds is 7. The minimum Gasteiger partial charge on any atom is -0.337 e. The van der Waals surface area contributed by atoms with E-state index in [1.807, 2.05) is 60.7 Å². The number of amides is 1. The van der Waals surface area contributed by atoms with Crippen molar-refractivity contribution in [3.63, 3.8) is 0 Å². The number of nitrogens with zero attached hydrogens (tertiary/aromatic N) is 1. The van der Waals surface area contributed by atoms with Gasteiger partial charge in [-0.3, -0.25) is 4.57 Å². The van der Waals surface area contributed by atoms with Gasteiger partial charge < -0.3 is 5.32 Å². The molecular weight excluding hydrogens is 344 g/mol. The first kappa shape index (κ1) is 19.8. The largest absolute Gasteiger partial charge is 0.337 e. The van der Waals surface area contributed by atoms with Gasteiger partial charge in [-0.05, 0) is 36.6 Å². The lowest BCUT2D eigenvalue weighted by atomic mass is 10.1. The Labute approximate surface area is 167 Å². The highest BCUT2D eigenvalue weighted by atomic mass is 16.2. The molecule has 28 heavy (non-hydrogen) atoms. The number of benzene rings is 2. The van der Waals surface area contributed by atoms with Gasteiger partial charge in [-0.15, -0.1) is 0 Å². The van der Waals surface area contributed by atoms with E-state index in [1.165, 1.54) is 25.7 Å². The predicted octanol–water partition coefficient (Wildman–Crippen LogP) is 5.96. The van der Waals surface area contributed by atoms with Crippen LogP contribution in [-0.4, -0.2) is 17.1 Å². The number of hydrogen-bond acceptors (Lipinski definition) is 1. The van der Waals surface area contributed by atoms with Crippen LogP contribution in [-0.2, 0) is 0 Å². The third-order valence-electron chi connectivity index (χ3n) is 4.83. The second-order valence-corrected chi connectivity index (χ2v) is 7.04. The van der Waals surface area contributed by atoms with Gasteiger partial charge in [-0.1, -0.05) is 81.3 Å². The van der Waals surface area contributed by atoms with Crippen molar-refractivity contribution in [2.75, 3.05) is 6.54 Å². The number of carbonyl (C=O) groups excluding carboxylic acids is 1. The van der Waals surface area contributed by atoms with Crippen molar-refractivity contribution in [2.45, 2.75) is 45.4 Å². The Morgan fingerprint density at radius 1 is 0.893 bits per heavy atom. The molecule has 3 nitrogen and oxygen atoms in total. The van der Waals surface area contributed by atoms with Crippen molar-refractivity contribution in [3.8, 4) is 11.8 Å². The standard InChI is InChI=1S/C25H28N2O/c1-2-3-4-5-6-12-19-26-25(28)27-23(18-17-21-13-8-7-9-14-21)20-22-15-10-11-16-24(22)27/h7-11,13-16,20H,2-6,12,19H2,1H3,(H,26,28). The van der Waals surface area contributed by atoms with Gasteiger partial charge in [0.05, 0.1) is 5.52 Å². The maximum atomic E-state index is 12.9. The normalized spacial score (nSPS) is 10.5. The number of unbranched alkanes of at least 4 members (excludes halogenated alkanes) is 5. The minimum absolute atomic E-state index is 0.105. The topological polar surface area (TPSA) is 34.0 Å². The van der Waals surface area contributed by atoms with Crippen LogP contribution in [0, 0.1) is 11.8 Å². The van der Waals surface area contributed by atoms with E-state index in [0.717, 1.165) is 29.3 Å². The summed E-state index contributed by atoms with van der Waals surface area (Å²) in [6.45, 7) is 2.92. The molecule has 0 bridgehead atoms. The van der Waals surface area contributed by atoms with Gasteiger partial charge in [0.25, 0.3) is 0 Å². The molecule has 1 heterocycles. The molecule has 2 aromatic carbocycles. The van der Waals surface area contributed by atoms with E-state index in [1.54, 1.807) is 4.57 Å². The van der Waals surface area contributed by atoms with Crippen molar-refractivity contribution in [2.24, 2.45) is 0 Å². The fraction of sp³-hybridized carbons (Fsp3) is 0.320. The van der Waals surface area contributed by atoms with Gasteiger partial charge in [-0.25, -0.2) is 4.79 Å². The van der Waals surface area contributed by atoms with E-state index in [-0.39, 0.29) is 6.03 Å². The molecule has 1 aromatic heterocycles. The Morgan fingerprint density at radius 3 is 2.43 bits per heavy atom. The van der Waals surface area contributed by atoms with Crippen molar-refractivity contribution >= 4 is 16.9 Å². The number of fused-ring (bicyclic) bond motifs is 1. The summed E-state index contributed by atoms with van der Waals surface area (Å²) >= 11 is 0. The van der Waals surface area contributed by atoms with E-state index < -0.39 is 0 Å². The zero-order valence-electron chi connectivity index (χ0n) is 16.6. The van der Waals surface area contributed by atoms with Crippen LogP contribution in [0.2, 0.25) is 0 Å². The second kappa shape index (κ2) is 10.4. The SMILES string of the molecule is CCCCCCCCNC(=O)n1c(C#Cc2ccccc2)cc2ccccc21. The summed E-state index contributed by atoms with van der Waals surface area (Å²) in [6, 6.07) is 19.6. The van der Waals surface area contributed by atoms with Gasteiger partial charge in [0.15, 0.2) is 0 Å². The zero-order chi connectivity index (χ0) is 19.6. The first-order chi connectivity index (χ1) is 13.8. The number of para-hydroxylation sites is 1. The fourth-order valence-corrected chi connectivity index (χ4v) is 3.30. The molecule has 0 unspecified atom stereocenters. The van der Waals surface area contributed by atoms with Crippen molar-refractivity contribution in [1.29, 1.82) is 0 Å². The third-order valence-corrected chi connectivity index (χ3v) is 4.83. The van der Waals surface area contributed by atoms with E-state index in [0.29, 0.717) is 12.2 Å². The lowest BCUT2D eigenvalue weighted by Crippen LogP contribution is -2.30. The molecule has 0 aliphatic rings. The van der Waals surface area contributed by atoms with Crippen molar-refractivity contribution in [3.05, 3.63) is 71.9 Å². The predicted molar refractivity (Wildman–Crippen MR) is 117 cm³/mol. The summed E-state index contributed by atoms with van der Waals surface area (Å²) in [7, 11) is 0. The van der Waals surface area contributed by atoms with Gasteiger partial charge >= 0.3 is 6.03 Å². The summed E-state index contributed by atoms with van der Waals surface area (Å²) < 4.78 is 1.70. The first-order valence-electron chi connectivity index (χ1n) is 10.3. The average Bonchev–Trinajstić information content (AvgIpc) is 3.11. The molecule has 0 aliphatic carbocycles. The minimum atomic E-state index is -0.105. The van der Waals surface area contributed by atoms with Crippen LogP contribution >= 0.6 is 0 Å². The van der Waals surface area contributed by atoms with Crippen LogP contribution in [0.1, 0.15) is 56.7 Å². The van der Waals surface area contributed by atoms with Gasteiger partial charge in [-0.2, -0.15) is 0 Å². The average molecular weight is 373 g/mol. The molecule has 3 heteroatoms. The smallest absolute Gasteiger partial charge is 0.327 e. The summed E-state index contributed by atoms with van der Waals surface area (Å²) in [5.41, 5.74) is 2.54. The van der Waals surface area contributed by atoms with Crippen molar-refractivity contribution in [1.82, 2.24) is 9.88 Å². The quantitative estimate of drug-likeness (QED) is 0.403. The molecule has 0 saturated carbocycles. The Bertz CT molecular complexity index is 960. The lowest BCUT2D eigenvalue weighted by Gasteiger charge is -2.09. The summed E-state index contributed by atoms with van der Waals surface area (Å²) in [4.78, 5) is 12.9. The molecular formula is C25H28N2O. The molecule has 0 radical (unpaired) electrons. The van der Waals surface area contributed by atoms with Crippen LogP contribution in [0.5, 0.6) is 0 Å². The van der Waals surface area contributed by atoms with Crippen LogP contribution in [0.4, 0.5) is 4.79 Å². The molecule has 1 N–H and O–H groups in total. The van der Waals surface area contributed by atoms with Crippen LogP contribution in [0.15, 0.2) is 60.7 Å². The highest BCUT2D eigenvalue weighted by Gasteiger charge is 2.13. The number of hydrogen-bond donors (Lipinski definition) is 1. The maximum Gasteiger partial charge on any atom is 0.327 e. The molecule has 0 fully saturated rings. The molecule has 1 amide bonds. The molecule has 0 saturated heterocycles. The van der Waals surface area contributed by atoms with E-state index in [2.05, 4.69) is 24.1 Å². The first-order valence-corrected chi connectivity index (χ1v) is 10.3. The Morgan fingerprint density at radius 2 is 1.61 bits per heavy atom. The molecule has 0 spiro atoms. The van der Waals surface area contributed by atoms with Crippen LogP contribution in [0.3, 0.4) is 0 Å². The maximum absolute atomic E-state index is 12.9. The third kappa shape index (κ3) is 5.27. The van der Waals surface area contributed by atoms with Gasteiger partial charge in [0.1, 0.15) is 5.69 Å². The summed E-state index contributed by atoms with van der Waals surface area (Å²) in [5, 5.41) is 4.09. The Hall–Kier alpha value is -2.99. The van der Waals surface area contributed by atoms with E-state index in [9.17, 15) is 4.79 Å². The van der Waals surface area contributed by atoms with Crippen LogP contribution in [0.25, 0.3) is 10.9 Å². The highest BCUT2D eigenvalue weighted by molar-refractivity contribution is 5.94. The van der Waals surface area contributed by atoms with E-state index >= 15 is 0 Å². The van der Waals surface area contributed by atoms with E-state index in [4.69, 9.17) is 0 Å². The van der Waals surface area contributed by atoms with Gasteiger partial charge in [0, 0.05) is 17.5 Å². The number of aromatic nitrogens is 1. The van der Waals surface area contributed by atoms with Gasteiger partial charge in [0.2, 0.25) is 0 Å². The fourth-order valence-electron chi connectivity index (χ4n) is 3.30. The number of nitrogens with one attached hydrogen (secondary N) is 1. The zero-order valence-corrected chi connectivity index (χ0v) is 16.6. The lowest BCUT2D eigenvalue weighted by molar-refractivity contribution is 0.243. The molecule has 3 rings (SSSR count). The van der Waals surface area contributed by atoms with Crippen molar-refractivity contribution < 1.29 is 4.79 Å². The summed E-state index contributed by atoms with van der Waals surface area (Å²) in [6.07, 6.45) is 7.25. The summed E-state index contributed by atoms with van der Waals surface area (Å²) in [5.74, 6) is 6.34. The molecule has 0 atom stereocenters. The highest BCUT2D eigenvalue weighted by Crippen LogP contribution is 2.19. The Balaban J connectivity index is 1.72. The molecule has 144 valence electrons. The Kier molecular flexibility index (Phi) is 7.32. The van der Waals surface area contributed by atoms with Crippen LogP contribution < -0.4 is 5.32 Å². The molecule has 0 aliphatic heterocycles. The monoisotopic (exact) mass is 372 g/mol. The number of carbonyl (C=O) groups is 1. The second-order valence-electron chi connectivity index (χ2n) is 7.04. The molecule has 3 aromatic rings.